The molecule has 0 atom stereocenters. The van der Waals surface area contributed by atoms with Crippen LogP contribution in [-0.4, -0.2) is 25.7 Å². The van der Waals surface area contributed by atoms with Crippen LogP contribution in [0.2, 0.25) is 0 Å². The number of nitrogens with one attached hydrogen (secondary N) is 1. The van der Waals surface area contributed by atoms with E-state index >= 15 is 0 Å². The first-order chi connectivity index (χ1) is 9.11. The lowest BCUT2D eigenvalue weighted by atomic mass is 10.1. The normalized spacial score (nSPS) is 11.4. The molecule has 3 N–H and O–H groups in total. The molecule has 0 saturated carbocycles. The number of ether oxygens (including phenoxy) is 1. The molecule has 0 aromatic heterocycles. The molecule has 0 aliphatic heterocycles. The van der Waals surface area contributed by atoms with Crippen LogP contribution in [0.4, 0.5) is 5.69 Å². The molecule has 4 heteroatoms. The summed E-state index contributed by atoms with van der Waals surface area (Å²) in [6.45, 7) is 9.55. The van der Waals surface area contributed by atoms with E-state index in [4.69, 9.17) is 10.5 Å². The Balaban J connectivity index is 2.36. The van der Waals surface area contributed by atoms with Gasteiger partial charge in [0, 0.05) is 5.69 Å². The lowest BCUT2D eigenvalue weighted by molar-refractivity contribution is 0.146. The van der Waals surface area contributed by atoms with Crippen LogP contribution in [0.3, 0.4) is 0 Å². The molecule has 19 heavy (non-hydrogen) atoms. The highest BCUT2D eigenvalue weighted by Crippen LogP contribution is 2.13. The molecule has 0 aliphatic carbocycles. The van der Waals surface area contributed by atoms with Crippen molar-refractivity contribution in [2.75, 3.05) is 25.1 Å². The summed E-state index contributed by atoms with van der Waals surface area (Å²) < 4.78 is 5.35. The molecule has 104 valence electrons. The van der Waals surface area contributed by atoms with Crippen LogP contribution in [0, 0.1) is 13.8 Å². The molecule has 0 amide bonds. The Hall–Kier alpha value is -1.81. The molecular weight excluding hydrogens is 238 g/mol. The number of nitrogens with two attached hydrogens (primary N) is 1. The van der Waals surface area contributed by atoms with Crippen molar-refractivity contribution in [2.24, 2.45) is 10.7 Å². The summed E-state index contributed by atoms with van der Waals surface area (Å²) >= 11 is 0. The second kappa shape index (κ2) is 8.32. The molecule has 0 saturated heterocycles. The number of hydrogen-bond acceptors (Lipinski definition) is 2. The van der Waals surface area contributed by atoms with Gasteiger partial charge in [0.1, 0.15) is 0 Å². The summed E-state index contributed by atoms with van der Waals surface area (Å²) in [5.41, 5.74) is 9.17. The van der Waals surface area contributed by atoms with Gasteiger partial charge in [-0.2, -0.15) is 0 Å². The van der Waals surface area contributed by atoms with E-state index in [1.54, 1.807) is 0 Å². The molecule has 1 aromatic carbocycles. The standard InChI is InChI=1S/C15H23N3O/c1-4-5-7-19-8-6-17-15(16)18-14-10-12(2)9-13(3)11-14/h4,9-11H,1,5-8H2,2-3H3,(H3,16,17,18). The molecular formula is C15H23N3O. The third kappa shape index (κ3) is 6.62. The maximum atomic E-state index is 5.81. The second-order valence-electron chi connectivity index (χ2n) is 4.46. The maximum absolute atomic E-state index is 5.81. The van der Waals surface area contributed by atoms with E-state index < -0.39 is 0 Å². The number of hydrogen-bond donors (Lipinski definition) is 2. The smallest absolute Gasteiger partial charge is 0.193 e. The molecule has 0 heterocycles. The van der Waals surface area contributed by atoms with E-state index in [9.17, 15) is 0 Å². The summed E-state index contributed by atoms with van der Waals surface area (Å²) in [5.74, 6) is 0.414. The summed E-state index contributed by atoms with van der Waals surface area (Å²) in [5, 5.41) is 3.08. The Kier molecular flexibility index (Phi) is 6.68. The van der Waals surface area contributed by atoms with Crippen molar-refractivity contribution >= 4 is 11.6 Å². The zero-order valence-electron chi connectivity index (χ0n) is 11.8. The van der Waals surface area contributed by atoms with E-state index in [-0.39, 0.29) is 0 Å². The number of rotatable bonds is 7. The number of aryl methyl sites for hydroxylation is 2. The van der Waals surface area contributed by atoms with Crippen LogP contribution < -0.4 is 11.1 Å². The molecule has 1 rings (SSSR count). The largest absolute Gasteiger partial charge is 0.379 e. The van der Waals surface area contributed by atoms with Gasteiger partial charge in [0.25, 0.3) is 0 Å². The average Bonchev–Trinajstić information content (AvgIpc) is 2.32. The molecule has 1 aromatic rings. The molecule has 0 bridgehead atoms. The highest BCUT2D eigenvalue weighted by atomic mass is 16.5. The van der Waals surface area contributed by atoms with Gasteiger partial charge in [0.15, 0.2) is 5.96 Å². The number of anilines is 1. The van der Waals surface area contributed by atoms with Crippen molar-refractivity contribution in [1.29, 1.82) is 0 Å². The summed E-state index contributed by atoms with van der Waals surface area (Å²) in [4.78, 5) is 4.21. The van der Waals surface area contributed by atoms with Gasteiger partial charge in [-0.05, 0) is 43.5 Å². The highest BCUT2D eigenvalue weighted by molar-refractivity contribution is 5.92. The fourth-order valence-electron chi connectivity index (χ4n) is 1.73. The Morgan fingerprint density at radius 2 is 2.00 bits per heavy atom. The number of nitrogens with zero attached hydrogens (tertiary/aromatic N) is 1. The van der Waals surface area contributed by atoms with Gasteiger partial charge in [-0.1, -0.05) is 12.1 Å². The van der Waals surface area contributed by atoms with Crippen LogP contribution in [-0.2, 0) is 4.74 Å². The van der Waals surface area contributed by atoms with Gasteiger partial charge in [0.2, 0.25) is 0 Å². The van der Waals surface area contributed by atoms with Gasteiger partial charge in [-0.25, -0.2) is 0 Å². The van der Waals surface area contributed by atoms with Crippen molar-refractivity contribution in [2.45, 2.75) is 20.3 Å². The molecule has 4 nitrogen and oxygen atoms in total. The molecule has 0 spiro atoms. The van der Waals surface area contributed by atoms with Crippen LogP contribution >= 0.6 is 0 Å². The van der Waals surface area contributed by atoms with Crippen molar-refractivity contribution in [3.8, 4) is 0 Å². The Labute approximate surface area is 115 Å². The molecule has 0 aliphatic rings. The van der Waals surface area contributed by atoms with E-state index in [0.29, 0.717) is 25.7 Å². The number of guanidine groups is 1. The van der Waals surface area contributed by atoms with Gasteiger partial charge in [0.05, 0.1) is 19.8 Å². The SMILES string of the molecule is C=CCCOCCN=C(N)Nc1cc(C)cc(C)c1. The first-order valence-corrected chi connectivity index (χ1v) is 6.45. The molecule has 0 fully saturated rings. The predicted molar refractivity (Wildman–Crippen MR) is 81.7 cm³/mol. The van der Waals surface area contributed by atoms with Crippen LogP contribution in [0.15, 0.2) is 35.8 Å². The summed E-state index contributed by atoms with van der Waals surface area (Å²) in [7, 11) is 0. The van der Waals surface area contributed by atoms with Crippen LogP contribution in [0.5, 0.6) is 0 Å². The Morgan fingerprint density at radius 1 is 1.32 bits per heavy atom. The van der Waals surface area contributed by atoms with E-state index in [1.807, 2.05) is 18.2 Å². The monoisotopic (exact) mass is 261 g/mol. The van der Waals surface area contributed by atoms with Gasteiger partial charge in [-0.3, -0.25) is 4.99 Å². The second-order valence-corrected chi connectivity index (χ2v) is 4.46. The third-order valence-corrected chi connectivity index (χ3v) is 2.48. The van der Waals surface area contributed by atoms with E-state index in [2.05, 4.69) is 36.8 Å². The van der Waals surface area contributed by atoms with Crippen LogP contribution in [0.25, 0.3) is 0 Å². The number of benzene rings is 1. The number of aliphatic imine (C=N–C) groups is 1. The van der Waals surface area contributed by atoms with E-state index in [0.717, 1.165) is 12.1 Å². The van der Waals surface area contributed by atoms with Gasteiger partial charge < -0.3 is 15.8 Å². The van der Waals surface area contributed by atoms with Crippen molar-refractivity contribution in [3.63, 3.8) is 0 Å². The van der Waals surface area contributed by atoms with Gasteiger partial charge >= 0.3 is 0 Å². The summed E-state index contributed by atoms with van der Waals surface area (Å²) in [6.07, 6.45) is 2.69. The maximum Gasteiger partial charge on any atom is 0.193 e. The third-order valence-electron chi connectivity index (χ3n) is 2.48. The fraction of sp³-hybridized carbons (Fsp3) is 0.400. The minimum atomic E-state index is 0.414. The average molecular weight is 261 g/mol. The Morgan fingerprint density at radius 3 is 2.63 bits per heavy atom. The predicted octanol–water partition coefficient (Wildman–Crippen LogP) is 2.62. The zero-order chi connectivity index (χ0) is 14.1. The minimum absolute atomic E-state index is 0.414. The zero-order valence-corrected chi connectivity index (χ0v) is 11.8. The fourth-order valence-corrected chi connectivity index (χ4v) is 1.73. The lowest BCUT2D eigenvalue weighted by Gasteiger charge is -2.08. The molecule has 0 unspecified atom stereocenters. The van der Waals surface area contributed by atoms with Crippen molar-refractivity contribution in [1.82, 2.24) is 0 Å². The summed E-state index contributed by atoms with van der Waals surface area (Å²) in [6, 6.07) is 6.19. The quantitative estimate of drug-likeness (QED) is 0.343. The first-order valence-electron chi connectivity index (χ1n) is 6.45. The highest BCUT2D eigenvalue weighted by Gasteiger charge is 1.97. The molecule has 0 radical (unpaired) electrons. The van der Waals surface area contributed by atoms with Gasteiger partial charge in [-0.15, -0.1) is 6.58 Å². The topological polar surface area (TPSA) is 59.6 Å². The first kappa shape index (κ1) is 15.2. The van der Waals surface area contributed by atoms with Crippen LogP contribution in [0.1, 0.15) is 17.5 Å². The van der Waals surface area contributed by atoms with Crippen molar-refractivity contribution in [3.05, 3.63) is 42.0 Å². The van der Waals surface area contributed by atoms with Crippen molar-refractivity contribution < 1.29 is 4.74 Å². The van der Waals surface area contributed by atoms with E-state index in [1.165, 1.54) is 11.1 Å². The lowest BCUT2D eigenvalue weighted by Crippen LogP contribution is -2.23. The minimum Gasteiger partial charge on any atom is -0.379 e. The Bertz CT molecular complexity index is 421.